The van der Waals surface area contributed by atoms with Crippen molar-refractivity contribution in [3.63, 3.8) is 0 Å². The van der Waals surface area contributed by atoms with Gasteiger partial charge >= 0.3 is 0 Å². The third kappa shape index (κ3) is 3.89. The van der Waals surface area contributed by atoms with Gasteiger partial charge in [-0.1, -0.05) is 164 Å². The van der Waals surface area contributed by atoms with Gasteiger partial charge in [-0.05, 0) is 82.2 Å². The SMILES string of the molecule is O=P(c1ccc2ccc3ccccc3c2c1)(c1ccc2ccc3ccccc3c2c1)c1cccc2c3ccccc3c3ccccc3c12. The molecule has 10 aromatic carbocycles. The van der Waals surface area contributed by atoms with Crippen LogP contribution in [0.3, 0.4) is 0 Å². The van der Waals surface area contributed by atoms with E-state index in [0.29, 0.717) is 0 Å². The Bertz CT molecular complexity index is 2820. The number of benzene rings is 10. The van der Waals surface area contributed by atoms with E-state index < -0.39 is 7.14 Å². The van der Waals surface area contributed by atoms with Crippen molar-refractivity contribution in [2.24, 2.45) is 0 Å². The van der Waals surface area contributed by atoms with Crippen molar-refractivity contribution < 1.29 is 4.57 Å². The zero-order chi connectivity index (χ0) is 31.8. The van der Waals surface area contributed by atoms with Crippen LogP contribution >= 0.6 is 7.14 Å². The van der Waals surface area contributed by atoms with Crippen LogP contribution in [-0.2, 0) is 4.57 Å². The van der Waals surface area contributed by atoms with E-state index >= 15 is 4.57 Å². The van der Waals surface area contributed by atoms with E-state index in [1.54, 1.807) is 0 Å². The molecule has 10 aromatic rings. The zero-order valence-electron chi connectivity index (χ0n) is 26.1. The summed E-state index contributed by atoms with van der Waals surface area (Å²) in [6.45, 7) is 0. The minimum Gasteiger partial charge on any atom is -0.309 e. The molecule has 0 aliphatic carbocycles. The van der Waals surface area contributed by atoms with Crippen molar-refractivity contribution in [3.8, 4) is 0 Å². The summed E-state index contributed by atoms with van der Waals surface area (Å²) in [5, 5.41) is 18.6. The Balaban J connectivity index is 1.38. The first-order valence-corrected chi connectivity index (χ1v) is 18.2. The minimum absolute atomic E-state index is 0.843. The maximum Gasteiger partial charge on any atom is 0.171 e. The summed E-state index contributed by atoms with van der Waals surface area (Å²) in [5.41, 5.74) is 0. The topological polar surface area (TPSA) is 17.1 Å². The molecule has 0 bridgehead atoms. The Labute approximate surface area is 278 Å². The average Bonchev–Trinajstić information content (AvgIpc) is 3.17. The van der Waals surface area contributed by atoms with E-state index in [-0.39, 0.29) is 0 Å². The second-order valence-corrected chi connectivity index (χ2v) is 15.5. The first-order chi connectivity index (χ1) is 23.7. The minimum atomic E-state index is -3.47. The molecule has 0 fully saturated rings. The highest BCUT2D eigenvalue weighted by molar-refractivity contribution is 7.85. The largest absolute Gasteiger partial charge is 0.309 e. The Morgan fingerprint density at radius 3 is 1.15 bits per heavy atom. The van der Waals surface area contributed by atoms with Gasteiger partial charge in [-0.2, -0.15) is 0 Å². The fourth-order valence-electron chi connectivity index (χ4n) is 8.00. The molecule has 0 saturated heterocycles. The van der Waals surface area contributed by atoms with Crippen molar-refractivity contribution in [3.05, 3.63) is 176 Å². The second kappa shape index (κ2) is 10.4. The maximum atomic E-state index is 16.8. The van der Waals surface area contributed by atoms with Crippen molar-refractivity contribution in [2.45, 2.75) is 0 Å². The Morgan fingerprint density at radius 2 is 0.646 bits per heavy atom. The Hall–Kier alpha value is -5.75. The van der Waals surface area contributed by atoms with Crippen LogP contribution < -0.4 is 15.9 Å². The fourth-order valence-corrected chi connectivity index (χ4v) is 10.9. The number of rotatable bonds is 3. The molecule has 10 rings (SSSR count). The summed E-state index contributed by atoms with van der Waals surface area (Å²) < 4.78 is 16.8. The molecular weight excluding hydrogens is 599 g/mol. The molecular formula is C46H29OP. The van der Waals surface area contributed by atoms with E-state index in [1.165, 1.54) is 37.7 Å². The van der Waals surface area contributed by atoms with Gasteiger partial charge in [-0.3, -0.25) is 0 Å². The lowest BCUT2D eigenvalue weighted by Gasteiger charge is -2.24. The average molecular weight is 629 g/mol. The van der Waals surface area contributed by atoms with Crippen molar-refractivity contribution in [1.82, 2.24) is 0 Å². The van der Waals surface area contributed by atoms with Gasteiger partial charge in [0.05, 0.1) is 0 Å². The van der Waals surface area contributed by atoms with Crippen LogP contribution in [0, 0.1) is 0 Å². The van der Waals surface area contributed by atoms with Crippen LogP contribution in [0.4, 0.5) is 0 Å². The highest BCUT2D eigenvalue weighted by atomic mass is 31.2. The molecule has 0 heterocycles. The molecule has 1 nitrogen and oxygen atoms in total. The standard InChI is InChI=1S/C46H29OP/c47-48(34-26-24-32-22-20-30-10-1-3-12-36(30)43(32)28-34,35-27-25-33-23-21-31-11-2-4-13-37(31)44(33)29-35)45-19-9-18-42-40-15-6-5-14-38(40)39-16-7-8-17-41(39)46(42)45/h1-29H. The molecule has 224 valence electrons. The van der Waals surface area contributed by atoms with Gasteiger partial charge in [0.1, 0.15) is 0 Å². The molecule has 0 atom stereocenters. The summed E-state index contributed by atoms with van der Waals surface area (Å²) in [7, 11) is -3.47. The van der Waals surface area contributed by atoms with Crippen LogP contribution in [0.25, 0.3) is 75.4 Å². The van der Waals surface area contributed by atoms with Gasteiger partial charge in [0.25, 0.3) is 0 Å². The molecule has 0 spiro atoms. The maximum absolute atomic E-state index is 16.8. The summed E-state index contributed by atoms with van der Waals surface area (Å²) in [6.07, 6.45) is 0. The lowest BCUT2D eigenvalue weighted by atomic mass is 9.94. The Morgan fingerprint density at radius 1 is 0.292 bits per heavy atom. The van der Waals surface area contributed by atoms with Crippen LogP contribution in [-0.4, -0.2) is 0 Å². The van der Waals surface area contributed by atoms with E-state index in [1.807, 2.05) is 0 Å². The van der Waals surface area contributed by atoms with Gasteiger partial charge in [-0.15, -0.1) is 0 Å². The van der Waals surface area contributed by atoms with Crippen LogP contribution in [0.2, 0.25) is 0 Å². The number of hydrogen-bond donors (Lipinski definition) is 0. The molecule has 0 N–H and O–H groups in total. The highest BCUT2D eigenvalue weighted by Gasteiger charge is 2.33. The fraction of sp³-hybridized carbons (Fsp3) is 0. The summed E-state index contributed by atoms with van der Waals surface area (Å²) in [5.74, 6) is 0. The molecule has 0 amide bonds. The molecule has 0 aliphatic rings. The molecule has 2 heteroatoms. The first kappa shape index (κ1) is 27.4. The molecule has 48 heavy (non-hydrogen) atoms. The third-order valence-electron chi connectivity index (χ3n) is 10.3. The molecule has 0 saturated carbocycles. The van der Waals surface area contributed by atoms with Gasteiger partial charge in [0, 0.05) is 21.3 Å². The summed E-state index contributed by atoms with van der Waals surface area (Å²) in [6, 6.07) is 62.2. The lowest BCUT2D eigenvalue weighted by Crippen LogP contribution is -2.26. The van der Waals surface area contributed by atoms with Crippen molar-refractivity contribution in [2.75, 3.05) is 0 Å². The van der Waals surface area contributed by atoms with Gasteiger partial charge in [0.15, 0.2) is 7.14 Å². The predicted octanol–water partition coefficient (Wildman–Crippen LogP) is 11.4. The first-order valence-electron chi connectivity index (χ1n) is 16.5. The van der Waals surface area contributed by atoms with Crippen LogP contribution in [0.1, 0.15) is 0 Å². The van der Waals surface area contributed by atoms with Crippen LogP contribution in [0.15, 0.2) is 176 Å². The molecule has 0 aromatic heterocycles. The highest BCUT2D eigenvalue weighted by Crippen LogP contribution is 2.48. The number of fused-ring (bicyclic) bond motifs is 12. The lowest BCUT2D eigenvalue weighted by molar-refractivity contribution is 0.592. The molecule has 0 radical (unpaired) electrons. The van der Waals surface area contributed by atoms with Crippen molar-refractivity contribution >= 4 is 98.5 Å². The van der Waals surface area contributed by atoms with Gasteiger partial charge < -0.3 is 4.57 Å². The van der Waals surface area contributed by atoms with E-state index in [0.717, 1.165) is 53.6 Å². The van der Waals surface area contributed by atoms with Gasteiger partial charge in [-0.25, -0.2) is 0 Å². The van der Waals surface area contributed by atoms with Crippen LogP contribution in [0.5, 0.6) is 0 Å². The predicted molar refractivity (Wildman–Crippen MR) is 208 cm³/mol. The molecule has 0 unspecified atom stereocenters. The monoisotopic (exact) mass is 628 g/mol. The van der Waals surface area contributed by atoms with Crippen molar-refractivity contribution in [1.29, 1.82) is 0 Å². The smallest absolute Gasteiger partial charge is 0.171 e. The number of hydrogen-bond acceptors (Lipinski definition) is 1. The van der Waals surface area contributed by atoms with E-state index in [2.05, 4.69) is 176 Å². The zero-order valence-corrected chi connectivity index (χ0v) is 27.0. The van der Waals surface area contributed by atoms with E-state index in [4.69, 9.17) is 0 Å². The summed E-state index contributed by atoms with van der Waals surface area (Å²) >= 11 is 0. The van der Waals surface area contributed by atoms with Gasteiger partial charge in [0.2, 0.25) is 0 Å². The normalized spacial score (nSPS) is 12.2. The summed E-state index contributed by atoms with van der Waals surface area (Å²) in [4.78, 5) is 0. The second-order valence-electron chi connectivity index (χ2n) is 12.8. The molecule has 0 aliphatic heterocycles. The van der Waals surface area contributed by atoms with E-state index in [9.17, 15) is 0 Å². The quantitative estimate of drug-likeness (QED) is 0.141. The Kier molecular flexibility index (Phi) is 5.92. The third-order valence-corrected chi connectivity index (χ3v) is 13.3.